The SMILES string of the molecule is COc1ccc(C(C)CC(=O)O)nn1. The summed E-state index contributed by atoms with van der Waals surface area (Å²) in [6, 6.07) is 3.39. The summed E-state index contributed by atoms with van der Waals surface area (Å²) >= 11 is 0. The maximum atomic E-state index is 10.4. The van der Waals surface area contributed by atoms with Crippen molar-refractivity contribution in [3.8, 4) is 5.88 Å². The van der Waals surface area contributed by atoms with Gasteiger partial charge in [-0.25, -0.2) is 0 Å². The van der Waals surface area contributed by atoms with Crippen LogP contribution in [0, 0.1) is 0 Å². The fourth-order valence-corrected chi connectivity index (χ4v) is 1.07. The molecule has 1 heterocycles. The average molecular weight is 196 g/mol. The fourth-order valence-electron chi connectivity index (χ4n) is 1.07. The number of rotatable bonds is 4. The van der Waals surface area contributed by atoms with Crippen LogP contribution >= 0.6 is 0 Å². The van der Waals surface area contributed by atoms with E-state index < -0.39 is 5.97 Å². The minimum atomic E-state index is -0.838. The smallest absolute Gasteiger partial charge is 0.304 e. The van der Waals surface area contributed by atoms with E-state index in [0.717, 1.165) is 0 Å². The van der Waals surface area contributed by atoms with Gasteiger partial charge in [0.2, 0.25) is 5.88 Å². The molecule has 0 bridgehead atoms. The lowest BCUT2D eigenvalue weighted by Gasteiger charge is -2.06. The number of aliphatic carboxylic acids is 1. The quantitative estimate of drug-likeness (QED) is 0.779. The van der Waals surface area contributed by atoms with Crippen LogP contribution in [0.2, 0.25) is 0 Å². The minimum absolute atomic E-state index is 0.0566. The summed E-state index contributed by atoms with van der Waals surface area (Å²) < 4.78 is 4.84. The second-order valence-corrected chi connectivity index (χ2v) is 3.00. The molecule has 1 rings (SSSR count). The molecule has 1 N–H and O–H groups in total. The van der Waals surface area contributed by atoms with Gasteiger partial charge in [-0.2, -0.15) is 5.10 Å². The molecule has 5 heteroatoms. The van der Waals surface area contributed by atoms with Crippen molar-refractivity contribution in [1.29, 1.82) is 0 Å². The monoisotopic (exact) mass is 196 g/mol. The number of carbonyl (C=O) groups is 1. The van der Waals surface area contributed by atoms with Gasteiger partial charge in [-0.3, -0.25) is 4.79 Å². The Labute approximate surface area is 81.7 Å². The van der Waals surface area contributed by atoms with Crippen molar-refractivity contribution in [1.82, 2.24) is 10.2 Å². The highest BCUT2D eigenvalue weighted by atomic mass is 16.5. The summed E-state index contributed by atoms with van der Waals surface area (Å²) in [7, 11) is 1.50. The highest BCUT2D eigenvalue weighted by Gasteiger charge is 2.11. The zero-order chi connectivity index (χ0) is 10.6. The first-order valence-electron chi connectivity index (χ1n) is 4.23. The normalized spacial score (nSPS) is 12.1. The molecule has 0 aliphatic heterocycles. The van der Waals surface area contributed by atoms with Gasteiger partial charge in [0, 0.05) is 12.0 Å². The van der Waals surface area contributed by atoms with Crippen molar-refractivity contribution < 1.29 is 14.6 Å². The summed E-state index contributed by atoms with van der Waals surface area (Å²) in [6.45, 7) is 1.80. The van der Waals surface area contributed by atoms with Crippen LogP contribution in [0.5, 0.6) is 5.88 Å². The predicted molar refractivity (Wildman–Crippen MR) is 49.3 cm³/mol. The molecule has 0 radical (unpaired) electrons. The van der Waals surface area contributed by atoms with Gasteiger partial charge >= 0.3 is 5.97 Å². The van der Waals surface area contributed by atoms with Gasteiger partial charge < -0.3 is 9.84 Å². The first-order valence-corrected chi connectivity index (χ1v) is 4.23. The lowest BCUT2D eigenvalue weighted by atomic mass is 10.0. The molecule has 76 valence electrons. The van der Waals surface area contributed by atoms with Gasteiger partial charge in [0.25, 0.3) is 0 Å². The topological polar surface area (TPSA) is 72.3 Å². The lowest BCUT2D eigenvalue weighted by molar-refractivity contribution is -0.137. The molecule has 14 heavy (non-hydrogen) atoms. The Hall–Kier alpha value is -1.65. The molecule has 0 fully saturated rings. The average Bonchev–Trinajstić information content (AvgIpc) is 2.17. The van der Waals surface area contributed by atoms with E-state index in [1.807, 2.05) is 0 Å². The van der Waals surface area contributed by atoms with Crippen molar-refractivity contribution in [2.75, 3.05) is 7.11 Å². The second kappa shape index (κ2) is 4.55. The molecule has 1 aromatic rings. The molecule has 0 aliphatic rings. The molecular weight excluding hydrogens is 184 g/mol. The number of hydrogen-bond acceptors (Lipinski definition) is 4. The van der Waals surface area contributed by atoms with Crippen LogP contribution in [-0.4, -0.2) is 28.4 Å². The van der Waals surface area contributed by atoms with Crippen molar-refractivity contribution >= 4 is 5.97 Å². The van der Waals surface area contributed by atoms with E-state index in [-0.39, 0.29) is 12.3 Å². The molecule has 1 aromatic heterocycles. The highest BCUT2D eigenvalue weighted by Crippen LogP contribution is 2.16. The van der Waals surface area contributed by atoms with E-state index in [2.05, 4.69) is 10.2 Å². The third kappa shape index (κ3) is 2.69. The molecule has 0 amide bonds. The number of aromatic nitrogens is 2. The lowest BCUT2D eigenvalue weighted by Crippen LogP contribution is -2.05. The summed E-state index contributed by atoms with van der Waals surface area (Å²) in [5.74, 6) is -0.544. The first kappa shape index (κ1) is 10.4. The van der Waals surface area contributed by atoms with E-state index in [0.29, 0.717) is 11.6 Å². The summed E-state index contributed by atoms with van der Waals surface area (Å²) in [4.78, 5) is 10.4. The van der Waals surface area contributed by atoms with Crippen LogP contribution in [0.3, 0.4) is 0 Å². The maximum Gasteiger partial charge on any atom is 0.304 e. The summed E-state index contributed by atoms with van der Waals surface area (Å²) in [5, 5.41) is 16.2. The van der Waals surface area contributed by atoms with E-state index in [9.17, 15) is 4.79 Å². The molecule has 1 atom stereocenters. The van der Waals surface area contributed by atoms with Crippen LogP contribution in [-0.2, 0) is 4.79 Å². The Morgan fingerprint density at radius 1 is 1.57 bits per heavy atom. The molecule has 0 aliphatic carbocycles. The second-order valence-electron chi connectivity index (χ2n) is 3.00. The standard InChI is InChI=1S/C9H12N2O3/c1-6(5-9(12)13)7-3-4-8(14-2)11-10-7/h3-4,6H,5H2,1-2H3,(H,12,13). The zero-order valence-electron chi connectivity index (χ0n) is 8.10. The van der Waals surface area contributed by atoms with Crippen LogP contribution in [0.15, 0.2) is 12.1 Å². The molecule has 1 unspecified atom stereocenters. The van der Waals surface area contributed by atoms with E-state index >= 15 is 0 Å². The Balaban J connectivity index is 2.71. The van der Waals surface area contributed by atoms with Gasteiger partial charge in [0.1, 0.15) is 0 Å². The third-order valence-electron chi connectivity index (χ3n) is 1.86. The summed E-state index contributed by atoms with van der Waals surface area (Å²) in [5.41, 5.74) is 0.660. The minimum Gasteiger partial charge on any atom is -0.481 e. The number of methoxy groups -OCH3 is 1. The predicted octanol–water partition coefficient (Wildman–Crippen LogP) is 1.06. The van der Waals surface area contributed by atoms with Crippen LogP contribution in [0.4, 0.5) is 0 Å². The van der Waals surface area contributed by atoms with E-state index in [1.165, 1.54) is 7.11 Å². The van der Waals surface area contributed by atoms with Gasteiger partial charge in [-0.1, -0.05) is 6.92 Å². The molecule has 5 nitrogen and oxygen atoms in total. The van der Waals surface area contributed by atoms with Crippen molar-refractivity contribution in [3.63, 3.8) is 0 Å². The van der Waals surface area contributed by atoms with E-state index in [4.69, 9.17) is 9.84 Å². The van der Waals surface area contributed by atoms with Crippen LogP contribution in [0.25, 0.3) is 0 Å². The molecular formula is C9H12N2O3. The molecule has 0 saturated heterocycles. The fraction of sp³-hybridized carbons (Fsp3) is 0.444. The Kier molecular flexibility index (Phi) is 3.39. The van der Waals surface area contributed by atoms with Crippen LogP contribution < -0.4 is 4.74 Å². The number of hydrogen-bond donors (Lipinski definition) is 1. The van der Waals surface area contributed by atoms with Gasteiger partial charge in [0.15, 0.2) is 0 Å². The summed E-state index contributed by atoms with van der Waals surface area (Å²) in [6.07, 6.45) is 0.0566. The number of nitrogens with zero attached hydrogens (tertiary/aromatic N) is 2. The largest absolute Gasteiger partial charge is 0.481 e. The number of carboxylic acid groups (broad SMARTS) is 1. The Bertz CT molecular complexity index is 310. The zero-order valence-corrected chi connectivity index (χ0v) is 8.10. The van der Waals surface area contributed by atoms with Crippen molar-refractivity contribution in [3.05, 3.63) is 17.8 Å². The molecule has 0 saturated carbocycles. The first-order chi connectivity index (χ1) is 6.63. The number of carboxylic acids is 1. The highest BCUT2D eigenvalue weighted by molar-refractivity contribution is 5.67. The maximum absolute atomic E-state index is 10.4. The van der Waals surface area contributed by atoms with Gasteiger partial charge in [-0.05, 0) is 6.07 Å². The molecule has 0 spiro atoms. The van der Waals surface area contributed by atoms with Gasteiger partial charge in [-0.15, -0.1) is 5.10 Å². The Morgan fingerprint density at radius 2 is 2.29 bits per heavy atom. The molecule has 0 aromatic carbocycles. The van der Waals surface area contributed by atoms with Crippen molar-refractivity contribution in [2.24, 2.45) is 0 Å². The van der Waals surface area contributed by atoms with Gasteiger partial charge in [0.05, 0.1) is 19.2 Å². The van der Waals surface area contributed by atoms with Crippen LogP contribution in [0.1, 0.15) is 25.0 Å². The van der Waals surface area contributed by atoms with Crippen molar-refractivity contribution in [2.45, 2.75) is 19.3 Å². The number of ether oxygens (including phenoxy) is 1. The Morgan fingerprint density at radius 3 is 2.71 bits per heavy atom. The third-order valence-corrected chi connectivity index (χ3v) is 1.86. The van der Waals surface area contributed by atoms with E-state index in [1.54, 1.807) is 19.1 Å².